The summed E-state index contributed by atoms with van der Waals surface area (Å²) >= 11 is 0. The molecule has 0 aliphatic rings. The molecule has 0 bridgehead atoms. The van der Waals surface area contributed by atoms with E-state index >= 15 is 0 Å². The third-order valence-corrected chi connectivity index (χ3v) is 2.27. The molecule has 0 radical (unpaired) electrons. The van der Waals surface area contributed by atoms with E-state index in [4.69, 9.17) is 0 Å². The van der Waals surface area contributed by atoms with Crippen LogP contribution >= 0.6 is 0 Å². The average Bonchev–Trinajstić information content (AvgIpc) is 2.29. The number of carbonyl (C=O) groups is 1. The number of pyridine rings is 1. The fourth-order valence-electron chi connectivity index (χ4n) is 1.42. The maximum Gasteiger partial charge on any atom is 0.143 e. The fraction of sp³-hybridized carbons (Fsp3) is 0.500. The van der Waals surface area contributed by atoms with Crippen molar-refractivity contribution in [1.82, 2.24) is 10.3 Å². The molecule has 0 amide bonds. The van der Waals surface area contributed by atoms with E-state index in [1.165, 1.54) is 0 Å². The molecule has 16 heavy (non-hydrogen) atoms. The molecule has 0 aliphatic heterocycles. The zero-order valence-corrected chi connectivity index (χ0v) is 9.52. The fourth-order valence-corrected chi connectivity index (χ4v) is 1.42. The maximum absolute atomic E-state index is 10.6. The van der Waals surface area contributed by atoms with E-state index in [1.54, 1.807) is 19.3 Å². The van der Waals surface area contributed by atoms with Gasteiger partial charge >= 0.3 is 0 Å². The second-order valence-electron chi connectivity index (χ2n) is 3.82. The Balaban J connectivity index is 2.16. The van der Waals surface area contributed by atoms with Crippen LogP contribution in [0.15, 0.2) is 24.5 Å². The Bertz CT molecular complexity index is 314. The first-order chi connectivity index (χ1) is 7.70. The summed E-state index contributed by atoms with van der Waals surface area (Å²) in [5, 5.41) is 12.8. The van der Waals surface area contributed by atoms with Crippen LogP contribution < -0.4 is 5.32 Å². The Labute approximate surface area is 95.7 Å². The van der Waals surface area contributed by atoms with Crippen molar-refractivity contribution in [2.75, 3.05) is 13.1 Å². The van der Waals surface area contributed by atoms with Crippen LogP contribution in [-0.4, -0.2) is 29.0 Å². The van der Waals surface area contributed by atoms with E-state index in [2.05, 4.69) is 10.3 Å². The summed E-state index contributed by atoms with van der Waals surface area (Å²) in [5.74, 6) is 0.132. The smallest absolute Gasteiger partial charge is 0.143 e. The number of hydrogen-bond acceptors (Lipinski definition) is 4. The van der Waals surface area contributed by atoms with E-state index in [1.807, 2.05) is 12.1 Å². The van der Waals surface area contributed by atoms with E-state index in [0.29, 0.717) is 13.0 Å². The first-order valence-corrected chi connectivity index (χ1v) is 5.48. The third kappa shape index (κ3) is 5.00. The van der Waals surface area contributed by atoms with Gasteiger partial charge in [0.15, 0.2) is 0 Å². The molecule has 0 saturated heterocycles. The van der Waals surface area contributed by atoms with E-state index in [9.17, 15) is 9.90 Å². The molecule has 0 fully saturated rings. The zero-order valence-electron chi connectivity index (χ0n) is 9.52. The summed E-state index contributed by atoms with van der Waals surface area (Å²) in [7, 11) is 0. The first-order valence-electron chi connectivity index (χ1n) is 5.48. The van der Waals surface area contributed by atoms with Gasteiger partial charge < -0.3 is 10.4 Å². The van der Waals surface area contributed by atoms with Crippen molar-refractivity contribution >= 4 is 5.78 Å². The van der Waals surface area contributed by atoms with Crippen LogP contribution in [0.3, 0.4) is 0 Å². The standard InChI is InChI=1S/C12H18N2O2/c1-10(15)8-13-7-3-5-12(16)11-4-2-6-14-9-11/h2,4,6,9,12-13,16H,3,5,7-8H2,1H3/t12-/m0/s1. The van der Waals surface area contributed by atoms with Crippen molar-refractivity contribution in [1.29, 1.82) is 0 Å². The number of rotatable bonds is 7. The molecule has 4 nitrogen and oxygen atoms in total. The highest BCUT2D eigenvalue weighted by Crippen LogP contribution is 2.15. The summed E-state index contributed by atoms with van der Waals surface area (Å²) in [6.07, 6.45) is 4.41. The minimum atomic E-state index is -0.465. The highest BCUT2D eigenvalue weighted by molar-refractivity contribution is 5.77. The lowest BCUT2D eigenvalue weighted by Gasteiger charge is -2.10. The molecule has 0 saturated carbocycles. The van der Waals surface area contributed by atoms with E-state index in [0.717, 1.165) is 18.5 Å². The van der Waals surface area contributed by atoms with Crippen LogP contribution in [0.1, 0.15) is 31.4 Å². The molecule has 4 heteroatoms. The Morgan fingerprint density at radius 3 is 3.06 bits per heavy atom. The summed E-state index contributed by atoms with van der Waals surface area (Å²) < 4.78 is 0. The number of ketones is 1. The van der Waals surface area contributed by atoms with Gasteiger partial charge in [-0.2, -0.15) is 0 Å². The maximum atomic E-state index is 10.6. The van der Waals surface area contributed by atoms with Gasteiger partial charge in [-0.1, -0.05) is 6.07 Å². The van der Waals surface area contributed by atoms with Gasteiger partial charge in [0.05, 0.1) is 12.6 Å². The van der Waals surface area contributed by atoms with E-state index < -0.39 is 6.10 Å². The molecular weight excluding hydrogens is 204 g/mol. The summed E-state index contributed by atoms with van der Waals surface area (Å²) in [5.41, 5.74) is 0.842. The van der Waals surface area contributed by atoms with Crippen LogP contribution in [0.4, 0.5) is 0 Å². The van der Waals surface area contributed by atoms with Crippen LogP contribution in [0.2, 0.25) is 0 Å². The lowest BCUT2D eigenvalue weighted by molar-refractivity contribution is -0.116. The SMILES string of the molecule is CC(=O)CNCCC[C@H](O)c1cccnc1. The van der Waals surface area contributed by atoms with Crippen LogP contribution in [0, 0.1) is 0 Å². The molecule has 0 unspecified atom stereocenters. The van der Waals surface area contributed by atoms with Crippen molar-refractivity contribution < 1.29 is 9.90 Å². The number of aromatic nitrogens is 1. The molecule has 0 spiro atoms. The predicted octanol–water partition coefficient (Wildman–Crippen LogP) is 1.07. The number of hydrogen-bond donors (Lipinski definition) is 2. The Hall–Kier alpha value is -1.26. The number of aliphatic hydroxyl groups is 1. The van der Waals surface area contributed by atoms with Gasteiger partial charge in [-0.15, -0.1) is 0 Å². The summed E-state index contributed by atoms with van der Waals surface area (Å²) in [6, 6.07) is 3.67. The highest BCUT2D eigenvalue weighted by Gasteiger charge is 2.06. The number of nitrogens with one attached hydrogen (secondary N) is 1. The van der Waals surface area contributed by atoms with Crippen molar-refractivity contribution in [3.05, 3.63) is 30.1 Å². The minimum Gasteiger partial charge on any atom is -0.388 e. The molecule has 1 rings (SSSR count). The average molecular weight is 222 g/mol. The zero-order chi connectivity index (χ0) is 11.8. The topological polar surface area (TPSA) is 62.2 Å². The van der Waals surface area contributed by atoms with Gasteiger partial charge in [-0.25, -0.2) is 0 Å². The van der Waals surface area contributed by atoms with Gasteiger partial charge in [-0.3, -0.25) is 9.78 Å². The second kappa shape index (κ2) is 7.09. The molecule has 0 aromatic carbocycles. The van der Waals surface area contributed by atoms with Gasteiger partial charge in [0.25, 0.3) is 0 Å². The minimum absolute atomic E-state index is 0.132. The molecular formula is C12H18N2O2. The predicted molar refractivity (Wildman–Crippen MR) is 62.0 cm³/mol. The monoisotopic (exact) mass is 222 g/mol. The number of carbonyl (C=O) groups excluding carboxylic acids is 1. The van der Waals surface area contributed by atoms with E-state index in [-0.39, 0.29) is 5.78 Å². The molecule has 0 aliphatic carbocycles. The third-order valence-electron chi connectivity index (χ3n) is 2.27. The lowest BCUT2D eigenvalue weighted by atomic mass is 10.1. The van der Waals surface area contributed by atoms with Gasteiger partial charge in [0, 0.05) is 12.4 Å². The molecule has 2 N–H and O–H groups in total. The number of nitrogens with zero attached hydrogens (tertiary/aromatic N) is 1. The molecule has 1 aromatic rings. The van der Waals surface area contributed by atoms with Gasteiger partial charge in [0.2, 0.25) is 0 Å². The summed E-state index contributed by atoms with van der Waals surface area (Å²) in [6.45, 7) is 2.71. The van der Waals surface area contributed by atoms with Crippen molar-refractivity contribution in [3.8, 4) is 0 Å². The van der Waals surface area contributed by atoms with Crippen LogP contribution in [0.5, 0.6) is 0 Å². The van der Waals surface area contributed by atoms with Crippen LogP contribution in [0.25, 0.3) is 0 Å². The molecule has 1 heterocycles. The molecule has 1 aromatic heterocycles. The lowest BCUT2D eigenvalue weighted by Crippen LogP contribution is -2.22. The van der Waals surface area contributed by atoms with Crippen molar-refractivity contribution in [3.63, 3.8) is 0 Å². The van der Waals surface area contributed by atoms with Crippen molar-refractivity contribution in [2.24, 2.45) is 0 Å². The first kappa shape index (κ1) is 12.8. The Morgan fingerprint density at radius 1 is 1.62 bits per heavy atom. The molecule has 1 atom stereocenters. The van der Waals surface area contributed by atoms with Crippen LogP contribution in [-0.2, 0) is 4.79 Å². The summed E-state index contributed by atoms with van der Waals surface area (Å²) in [4.78, 5) is 14.6. The number of Topliss-reactive ketones (excluding diaryl/α,β-unsaturated/α-hetero) is 1. The van der Waals surface area contributed by atoms with Gasteiger partial charge in [-0.05, 0) is 37.9 Å². The normalized spacial score (nSPS) is 12.4. The van der Waals surface area contributed by atoms with Crippen molar-refractivity contribution in [2.45, 2.75) is 25.9 Å². The number of aliphatic hydroxyl groups excluding tert-OH is 1. The Morgan fingerprint density at radius 2 is 2.44 bits per heavy atom. The largest absolute Gasteiger partial charge is 0.388 e. The van der Waals surface area contributed by atoms with Gasteiger partial charge in [0.1, 0.15) is 5.78 Å². The second-order valence-corrected chi connectivity index (χ2v) is 3.82. The highest BCUT2D eigenvalue weighted by atomic mass is 16.3. The quantitative estimate of drug-likeness (QED) is 0.677. The Kier molecular flexibility index (Phi) is 5.67. The molecule has 88 valence electrons.